The van der Waals surface area contributed by atoms with E-state index in [0.717, 1.165) is 4.44 Å². The number of benzene rings is 1. The molecule has 7 nitrogen and oxygen atoms in total. The number of hydrogen-bond donors (Lipinski definition) is 0. The van der Waals surface area contributed by atoms with Gasteiger partial charge in [0.25, 0.3) is 5.69 Å². The molecule has 0 bridgehead atoms. The summed E-state index contributed by atoms with van der Waals surface area (Å²) in [6.07, 6.45) is 4.07. The second-order valence-corrected chi connectivity index (χ2v) is 16.3. The Morgan fingerprint density at radius 3 is 2.32 bits per heavy atom. The van der Waals surface area contributed by atoms with Crippen LogP contribution in [-0.4, -0.2) is 39.0 Å². The number of unbranched alkanes of at least 4 members (excludes halogenated alkanes) is 1. The average molecular weight is 530 g/mol. The van der Waals surface area contributed by atoms with Crippen LogP contribution in [-0.2, 0) is 0 Å². The number of non-ortho nitro benzene ring substituents is 1. The summed E-state index contributed by atoms with van der Waals surface area (Å²) in [5, 5.41) is 29.7. The number of nitro groups is 1. The Labute approximate surface area is 178 Å². The molecule has 0 saturated carbocycles. The van der Waals surface area contributed by atoms with E-state index in [1.807, 2.05) is 0 Å². The number of rotatable bonds is 7. The van der Waals surface area contributed by atoms with Crippen molar-refractivity contribution in [3.8, 4) is 0 Å². The van der Waals surface area contributed by atoms with Crippen molar-refractivity contribution < 1.29 is 10.0 Å². The molecule has 0 saturated heterocycles. The third-order valence-corrected chi connectivity index (χ3v) is 7.99. The molecule has 0 fully saturated rings. The summed E-state index contributed by atoms with van der Waals surface area (Å²) < 4.78 is 1.13. The molecule has 0 amide bonds. The first-order valence-corrected chi connectivity index (χ1v) is 17.7. The van der Waals surface area contributed by atoms with Crippen LogP contribution in [0.3, 0.4) is 0 Å². The van der Waals surface area contributed by atoms with Crippen LogP contribution in [0.2, 0.25) is 4.44 Å². The van der Waals surface area contributed by atoms with E-state index in [1.165, 1.54) is 37.1 Å². The molecule has 0 N–H and O–H groups in total. The Bertz CT molecular complexity index is 800. The van der Waals surface area contributed by atoms with Crippen molar-refractivity contribution in [3.05, 3.63) is 70.0 Å². The van der Waals surface area contributed by atoms with Crippen molar-refractivity contribution in [1.29, 1.82) is 0 Å². The summed E-state index contributed by atoms with van der Waals surface area (Å²) in [7, 11) is 11.2. The minimum atomic E-state index is -1.70. The Morgan fingerprint density at radius 1 is 1.18 bits per heavy atom. The van der Waals surface area contributed by atoms with Gasteiger partial charge < -0.3 is 5.11 Å². The number of pyridine rings is 1. The second kappa shape index (κ2) is 13.5. The van der Waals surface area contributed by atoms with Crippen molar-refractivity contribution in [3.63, 3.8) is 0 Å². The first-order chi connectivity index (χ1) is 13.3. The monoisotopic (exact) mass is 530 g/mol. The minimum absolute atomic E-state index is 0.0836. The van der Waals surface area contributed by atoms with E-state index in [0.29, 0.717) is 11.4 Å². The molecule has 0 unspecified atom stereocenters. The van der Waals surface area contributed by atoms with Crippen LogP contribution in [0.25, 0.3) is 0 Å². The van der Waals surface area contributed by atoms with Gasteiger partial charge in [0, 0.05) is 24.2 Å². The molecule has 0 aliphatic rings. The summed E-state index contributed by atoms with van der Waals surface area (Å²) >= 11 is -1.70. The summed E-state index contributed by atoms with van der Waals surface area (Å²) in [6, 6.07) is 10.5. The molecule has 2 aromatic rings. The summed E-state index contributed by atoms with van der Waals surface area (Å²) in [4.78, 5) is 14.1. The predicted octanol–water partition coefficient (Wildman–Crippen LogP) is 4.27. The van der Waals surface area contributed by atoms with E-state index < -0.39 is 28.3 Å². The van der Waals surface area contributed by atoms with Gasteiger partial charge in [-0.2, -0.15) is 10.2 Å². The van der Waals surface area contributed by atoms with Crippen molar-refractivity contribution >= 4 is 52.6 Å². The first-order valence-electron chi connectivity index (χ1n) is 8.47. The van der Waals surface area contributed by atoms with E-state index in [2.05, 4.69) is 22.1 Å². The standard InChI is InChI=1S/C14H12N4O3.C4H9.2ClH.Sn/c1-10(13-4-2-3-9-15-13)16-17-14(19)11-5-7-12(8-6-11)18(20)21;1-3-4-2;;;/h2-9H,1H3,(H,17,19);1,3-4H2,2H3;2*1H;/q;;;;+3/p-3/b16-10+;;;;. The van der Waals surface area contributed by atoms with Gasteiger partial charge in [-0.05, 0) is 36.8 Å². The normalized spacial score (nSPS) is 11.4. The predicted molar refractivity (Wildman–Crippen MR) is 113 cm³/mol. The van der Waals surface area contributed by atoms with Crippen LogP contribution >= 0.6 is 17.8 Å². The van der Waals surface area contributed by atoms with Crippen LogP contribution in [0.5, 0.6) is 0 Å². The quantitative estimate of drug-likeness (QED) is 0.175. The molecule has 10 heteroatoms. The number of nitro benzene ring substituents is 1. The van der Waals surface area contributed by atoms with Gasteiger partial charge in [0.15, 0.2) is 0 Å². The van der Waals surface area contributed by atoms with Gasteiger partial charge in [0.05, 0.1) is 16.3 Å². The van der Waals surface area contributed by atoms with Crippen molar-refractivity contribution in [2.75, 3.05) is 0 Å². The molecule has 0 radical (unpaired) electrons. The average Bonchev–Trinajstić information content (AvgIpc) is 2.71. The van der Waals surface area contributed by atoms with Crippen LogP contribution in [0.4, 0.5) is 5.69 Å². The third-order valence-electron chi connectivity index (χ3n) is 3.37. The number of nitrogens with zero attached hydrogens (tertiary/aromatic N) is 4. The maximum atomic E-state index is 11.8. The van der Waals surface area contributed by atoms with Crippen molar-refractivity contribution in [2.24, 2.45) is 10.2 Å². The summed E-state index contributed by atoms with van der Waals surface area (Å²) in [5.41, 5.74) is 1.28. The fourth-order valence-corrected chi connectivity index (χ4v) is 5.41. The van der Waals surface area contributed by atoms with Crippen LogP contribution in [0, 0.1) is 10.1 Å². The molecule has 0 aliphatic carbocycles. The molecule has 0 aliphatic heterocycles. The zero-order valence-electron chi connectivity index (χ0n) is 15.5. The van der Waals surface area contributed by atoms with Crippen molar-refractivity contribution in [1.82, 2.24) is 4.98 Å². The second-order valence-electron chi connectivity index (χ2n) is 5.55. The molecule has 1 heterocycles. The molecule has 1 aromatic carbocycles. The van der Waals surface area contributed by atoms with Crippen molar-refractivity contribution in [2.45, 2.75) is 31.1 Å². The van der Waals surface area contributed by atoms with Crippen LogP contribution in [0.1, 0.15) is 37.9 Å². The Morgan fingerprint density at radius 2 is 1.86 bits per heavy atom. The Kier molecular flexibility index (Phi) is 11.7. The topological polar surface area (TPSA) is 104 Å². The van der Waals surface area contributed by atoms with E-state index in [4.69, 9.17) is 17.8 Å². The van der Waals surface area contributed by atoms with Crippen LogP contribution < -0.4 is 5.11 Å². The zero-order chi connectivity index (χ0) is 20.9. The third kappa shape index (κ3) is 9.47. The summed E-state index contributed by atoms with van der Waals surface area (Å²) in [6.45, 7) is 3.84. The molecule has 148 valence electrons. The van der Waals surface area contributed by atoms with Gasteiger partial charge >= 0.3 is 59.6 Å². The number of halogens is 2. The SMILES string of the molecule is C/C(=N\N=C(\[O-])c1ccc([N+](=O)[O-])cc1)c1ccccn1.CCC[CH2][Sn+]([Cl])[Cl]. The number of hydrogen-bond acceptors (Lipinski definition) is 6. The van der Waals surface area contributed by atoms with Gasteiger partial charge in [0.1, 0.15) is 0 Å². The van der Waals surface area contributed by atoms with Gasteiger partial charge in [-0.25, -0.2) is 0 Å². The molecule has 28 heavy (non-hydrogen) atoms. The Balaban J connectivity index is 0.000000480. The van der Waals surface area contributed by atoms with Gasteiger partial charge in [0.2, 0.25) is 0 Å². The number of aromatic nitrogens is 1. The fourth-order valence-electron chi connectivity index (χ4n) is 1.84. The van der Waals surface area contributed by atoms with Crippen LogP contribution in [0.15, 0.2) is 58.9 Å². The van der Waals surface area contributed by atoms with E-state index in [9.17, 15) is 15.2 Å². The molecular weight excluding hydrogens is 510 g/mol. The van der Waals surface area contributed by atoms with E-state index in [1.54, 1.807) is 31.3 Å². The molecule has 0 spiro atoms. The molecule has 1 aromatic heterocycles. The fraction of sp³-hybridized carbons (Fsp3) is 0.278. The first kappa shape index (κ1) is 24.3. The van der Waals surface area contributed by atoms with Gasteiger partial charge in [-0.1, -0.05) is 6.07 Å². The van der Waals surface area contributed by atoms with E-state index >= 15 is 0 Å². The van der Waals surface area contributed by atoms with Gasteiger partial charge in [-0.3, -0.25) is 15.1 Å². The summed E-state index contributed by atoms with van der Waals surface area (Å²) in [5.74, 6) is -0.569. The molecular formula is C18H20Cl2N4O3Sn. The Hall–Kier alpha value is -1.71. The van der Waals surface area contributed by atoms with E-state index in [-0.39, 0.29) is 11.3 Å². The zero-order valence-corrected chi connectivity index (χ0v) is 19.9. The molecule has 2 rings (SSSR count). The maximum absolute atomic E-state index is 11.8. The molecule has 0 atom stereocenters. The van der Waals surface area contributed by atoms with Gasteiger partial charge in [-0.15, -0.1) is 0 Å².